The van der Waals surface area contributed by atoms with Crippen molar-refractivity contribution in [3.63, 3.8) is 0 Å². The predicted octanol–water partition coefficient (Wildman–Crippen LogP) is 23.2. The Morgan fingerprint density at radius 3 is 0.724 bits per heavy atom. The zero-order chi connectivity index (χ0) is 72.4. The minimum absolute atomic E-state index is 0.105. The maximum Gasteiger partial charge on any atom is 0.472 e. The van der Waals surface area contributed by atoms with Gasteiger partial charge in [0.1, 0.15) is 19.3 Å². The molecule has 0 aromatic carbocycles. The highest BCUT2D eigenvalue weighted by Crippen LogP contribution is 2.45. The summed E-state index contributed by atoms with van der Waals surface area (Å²) in [5.74, 6) is 0.963. The van der Waals surface area contributed by atoms with Gasteiger partial charge >= 0.3 is 39.5 Å². The molecule has 98 heavy (non-hydrogen) atoms. The van der Waals surface area contributed by atoms with Gasteiger partial charge in [-0.1, -0.05) is 351 Å². The van der Waals surface area contributed by atoms with Crippen LogP contribution in [0.3, 0.4) is 0 Å². The van der Waals surface area contributed by atoms with Crippen molar-refractivity contribution in [3.05, 3.63) is 0 Å². The zero-order valence-electron chi connectivity index (χ0n) is 64.4. The Bertz CT molecular complexity index is 1920. The minimum Gasteiger partial charge on any atom is -0.462 e. The molecule has 0 aliphatic heterocycles. The van der Waals surface area contributed by atoms with Crippen molar-refractivity contribution in [2.75, 3.05) is 39.6 Å². The quantitative estimate of drug-likeness (QED) is 0.0222. The molecule has 17 nitrogen and oxygen atoms in total. The van der Waals surface area contributed by atoms with E-state index in [1.165, 1.54) is 199 Å². The molecule has 0 rings (SSSR count). The van der Waals surface area contributed by atoms with E-state index in [0.717, 1.165) is 114 Å². The molecule has 0 aliphatic rings. The van der Waals surface area contributed by atoms with Gasteiger partial charge in [0.15, 0.2) is 12.2 Å². The second-order valence-electron chi connectivity index (χ2n) is 30.1. The van der Waals surface area contributed by atoms with Crippen molar-refractivity contribution < 1.29 is 80.2 Å². The van der Waals surface area contributed by atoms with Gasteiger partial charge in [-0.25, -0.2) is 9.13 Å². The van der Waals surface area contributed by atoms with Crippen LogP contribution in [0.15, 0.2) is 0 Å². The Morgan fingerprint density at radius 2 is 0.490 bits per heavy atom. The molecule has 0 bridgehead atoms. The van der Waals surface area contributed by atoms with E-state index in [2.05, 4.69) is 55.4 Å². The van der Waals surface area contributed by atoms with Crippen molar-refractivity contribution in [1.29, 1.82) is 0 Å². The summed E-state index contributed by atoms with van der Waals surface area (Å²) in [5.41, 5.74) is 0. The van der Waals surface area contributed by atoms with Gasteiger partial charge in [-0.3, -0.25) is 37.3 Å². The highest BCUT2D eigenvalue weighted by atomic mass is 31.2. The van der Waals surface area contributed by atoms with Crippen LogP contribution in [0.25, 0.3) is 0 Å². The summed E-state index contributed by atoms with van der Waals surface area (Å²) in [6.45, 7) is 14.2. The number of esters is 4. The molecule has 0 saturated carbocycles. The number of phosphoric ester groups is 2. The first-order valence-electron chi connectivity index (χ1n) is 40.7. The number of carbonyl (C=O) groups excluding carboxylic acids is 4. The molecule has 0 radical (unpaired) electrons. The highest BCUT2D eigenvalue weighted by Gasteiger charge is 2.30. The number of carbonyl (C=O) groups is 4. The minimum atomic E-state index is -4.96. The Balaban J connectivity index is 5.18. The molecule has 0 heterocycles. The van der Waals surface area contributed by atoms with Gasteiger partial charge in [-0.05, 0) is 49.4 Å². The molecule has 4 unspecified atom stereocenters. The van der Waals surface area contributed by atoms with Crippen LogP contribution >= 0.6 is 15.6 Å². The van der Waals surface area contributed by atoms with E-state index >= 15 is 0 Å². The first-order chi connectivity index (χ1) is 47.1. The summed E-state index contributed by atoms with van der Waals surface area (Å²) in [6, 6.07) is 0. The lowest BCUT2D eigenvalue weighted by Gasteiger charge is -2.21. The number of phosphoric acid groups is 2. The predicted molar refractivity (Wildman–Crippen MR) is 400 cm³/mol. The van der Waals surface area contributed by atoms with Gasteiger partial charge in [0.2, 0.25) is 0 Å². The smallest absolute Gasteiger partial charge is 0.462 e. The summed E-state index contributed by atoms with van der Waals surface area (Å²) >= 11 is 0. The fourth-order valence-electron chi connectivity index (χ4n) is 12.0. The van der Waals surface area contributed by atoms with Crippen LogP contribution in [0.4, 0.5) is 0 Å². The van der Waals surface area contributed by atoms with Gasteiger partial charge in [0, 0.05) is 25.7 Å². The topological polar surface area (TPSA) is 237 Å². The van der Waals surface area contributed by atoms with Gasteiger partial charge in [-0.15, -0.1) is 0 Å². The third kappa shape index (κ3) is 71.1. The maximum atomic E-state index is 13.1. The number of aliphatic hydroxyl groups excluding tert-OH is 1. The van der Waals surface area contributed by atoms with E-state index in [9.17, 15) is 43.2 Å². The molecule has 0 aromatic heterocycles. The fourth-order valence-corrected chi connectivity index (χ4v) is 13.6. The summed E-state index contributed by atoms with van der Waals surface area (Å²) < 4.78 is 68.6. The maximum absolute atomic E-state index is 13.1. The Labute approximate surface area is 600 Å². The lowest BCUT2D eigenvalue weighted by molar-refractivity contribution is -0.161. The largest absolute Gasteiger partial charge is 0.472 e. The number of ether oxygens (including phenoxy) is 4. The van der Waals surface area contributed by atoms with Crippen molar-refractivity contribution in [2.45, 2.75) is 420 Å². The van der Waals surface area contributed by atoms with Crippen LogP contribution < -0.4 is 0 Å². The Morgan fingerprint density at radius 1 is 0.286 bits per heavy atom. The van der Waals surface area contributed by atoms with Crippen LogP contribution in [0, 0.1) is 23.7 Å². The molecule has 6 atom stereocenters. The summed E-state index contributed by atoms with van der Waals surface area (Å²) in [4.78, 5) is 72.9. The van der Waals surface area contributed by atoms with Crippen molar-refractivity contribution in [1.82, 2.24) is 0 Å². The third-order valence-electron chi connectivity index (χ3n) is 18.7. The van der Waals surface area contributed by atoms with E-state index in [-0.39, 0.29) is 25.7 Å². The average molecular weight is 1440 g/mol. The zero-order valence-corrected chi connectivity index (χ0v) is 66.2. The van der Waals surface area contributed by atoms with E-state index in [1.807, 2.05) is 0 Å². The van der Waals surface area contributed by atoms with Crippen LogP contribution in [0.2, 0.25) is 0 Å². The Kier molecular flexibility index (Phi) is 66.8. The van der Waals surface area contributed by atoms with Crippen molar-refractivity contribution in [3.8, 4) is 0 Å². The summed E-state index contributed by atoms with van der Waals surface area (Å²) in [5, 5.41) is 10.6. The number of hydrogen-bond acceptors (Lipinski definition) is 15. The van der Waals surface area contributed by atoms with Crippen LogP contribution in [-0.4, -0.2) is 96.7 Å². The second kappa shape index (κ2) is 68.2. The molecule has 0 aliphatic carbocycles. The molecular weight excluding hydrogens is 1280 g/mol. The van der Waals surface area contributed by atoms with E-state index < -0.39 is 97.5 Å². The van der Waals surface area contributed by atoms with Gasteiger partial charge in [0.25, 0.3) is 0 Å². The molecular formula is C79H154O17P2. The average Bonchev–Trinajstić information content (AvgIpc) is 1.14. The lowest BCUT2D eigenvalue weighted by Crippen LogP contribution is -2.30. The van der Waals surface area contributed by atoms with Crippen LogP contribution in [0.1, 0.15) is 402 Å². The molecule has 0 saturated heterocycles. The fraction of sp³-hybridized carbons (Fsp3) is 0.949. The van der Waals surface area contributed by atoms with Crippen molar-refractivity contribution >= 4 is 39.5 Å². The number of aliphatic hydroxyl groups is 1. The molecule has 3 N–H and O–H groups in total. The summed E-state index contributed by atoms with van der Waals surface area (Å²) in [6.07, 6.45) is 54.3. The molecule has 19 heteroatoms. The molecule has 0 amide bonds. The standard InChI is InChI=1S/C79H154O17P2/c1-9-72(8)58-50-42-34-26-18-16-14-12-10-11-13-15-17-19-27-35-43-51-59-76(81)89-65-74(95-78(83)61-53-45-36-28-22-20-24-31-39-47-55-69(2)3)67-93-97(85,86)91-63-73(80)64-92-98(87,88)94-68-75(66-90-77(82)60-52-44-38-30-33-41-49-57-71(6)7)96-79(84)62-54-46-37-29-23-21-25-32-40-48-56-70(4)5/h69-75,80H,9-68H2,1-8H3,(H,85,86)(H,87,88)/t72?,73?,74-,75-/m1/s1. The van der Waals surface area contributed by atoms with Gasteiger partial charge in [0.05, 0.1) is 26.4 Å². The van der Waals surface area contributed by atoms with Crippen LogP contribution in [-0.2, 0) is 65.4 Å². The first-order valence-corrected chi connectivity index (χ1v) is 43.7. The SMILES string of the molecule is CCC(C)CCCCCCCCCCCCCCCCCCCCC(=O)OC[C@H](COP(=O)(O)OCC(O)COP(=O)(O)OC[C@@H](COC(=O)CCCCCCCCCC(C)C)OC(=O)CCCCCCCCCCCCC(C)C)OC(=O)CCCCCCCCCCCCC(C)C. The van der Waals surface area contributed by atoms with Crippen molar-refractivity contribution in [2.24, 2.45) is 23.7 Å². The molecule has 0 fully saturated rings. The van der Waals surface area contributed by atoms with E-state index in [0.29, 0.717) is 31.6 Å². The van der Waals surface area contributed by atoms with E-state index in [1.54, 1.807) is 0 Å². The molecule has 0 spiro atoms. The van der Waals surface area contributed by atoms with E-state index in [4.69, 9.17) is 37.0 Å². The number of rotatable bonds is 76. The van der Waals surface area contributed by atoms with Gasteiger partial charge in [-0.2, -0.15) is 0 Å². The number of hydrogen-bond donors (Lipinski definition) is 3. The lowest BCUT2D eigenvalue weighted by atomic mass is 9.99. The monoisotopic (exact) mass is 1440 g/mol. The molecule has 582 valence electrons. The van der Waals surface area contributed by atoms with Gasteiger partial charge < -0.3 is 33.8 Å². The Hall–Kier alpha value is -1.94. The summed E-state index contributed by atoms with van der Waals surface area (Å²) in [7, 11) is -9.92. The first kappa shape index (κ1) is 96.1. The van der Waals surface area contributed by atoms with Crippen LogP contribution in [0.5, 0.6) is 0 Å². The third-order valence-corrected chi connectivity index (χ3v) is 20.6. The highest BCUT2D eigenvalue weighted by molar-refractivity contribution is 7.47. The molecule has 0 aromatic rings. The number of unbranched alkanes of at least 4 members (excludes halogenated alkanes) is 41. The normalized spacial score (nSPS) is 14.3. The second-order valence-corrected chi connectivity index (χ2v) is 33.0.